The van der Waals surface area contributed by atoms with Gasteiger partial charge in [-0.2, -0.15) is 0 Å². The van der Waals surface area contributed by atoms with Crippen LogP contribution in [0.25, 0.3) is 10.2 Å². The van der Waals surface area contributed by atoms with Crippen molar-refractivity contribution in [3.05, 3.63) is 59.2 Å². The summed E-state index contributed by atoms with van der Waals surface area (Å²) in [6, 6.07) is 14.3. The van der Waals surface area contributed by atoms with E-state index in [4.69, 9.17) is 9.72 Å². The molecule has 0 unspecified atom stereocenters. The van der Waals surface area contributed by atoms with Gasteiger partial charge >= 0.3 is 0 Å². The van der Waals surface area contributed by atoms with Gasteiger partial charge in [0.25, 0.3) is 0 Å². The number of ether oxygens (including phenoxy) is 1. The zero-order valence-electron chi connectivity index (χ0n) is 15.8. The number of carbonyl (C=O) groups excluding carboxylic acids is 1. The van der Waals surface area contributed by atoms with Gasteiger partial charge in [-0.1, -0.05) is 41.7 Å². The van der Waals surface area contributed by atoms with Crippen molar-refractivity contribution in [2.75, 3.05) is 18.1 Å². The summed E-state index contributed by atoms with van der Waals surface area (Å²) in [6.07, 6.45) is 2.53. The highest BCUT2D eigenvalue weighted by atomic mass is 32.1. The first-order valence-electron chi connectivity index (χ1n) is 9.44. The molecule has 1 amide bonds. The molecule has 140 valence electrons. The number of aryl methyl sites for hydroxylation is 2. The quantitative estimate of drug-likeness (QED) is 0.646. The normalized spacial score (nSPS) is 16.7. The molecule has 0 radical (unpaired) electrons. The van der Waals surface area contributed by atoms with Crippen molar-refractivity contribution in [2.45, 2.75) is 39.2 Å². The molecule has 0 aliphatic carbocycles. The Kier molecular flexibility index (Phi) is 5.23. The van der Waals surface area contributed by atoms with Crippen molar-refractivity contribution in [1.82, 2.24) is 4.98 Å². The minimum absolute atomic E-state index is 0.0767. The van der Waals surface area contributed by atoms with Gasteiger partial charge in [0.2, 0.25) is 5.91 Å². The Morgan fingerprint density at radius 2 is 2.07 bits per heavy atom. The summed E-state index contributed by atoms with van der Waals surface area (Å²) in [6.45, 7) is 5.53. The van der Waals surface area contributed by atoms with Crippen LogP contribution in [-0.4, -0.2) is 30.1 Å². The van der Waals surface area contributed by atoms with Crippen molar-refractivity contribution in [1.29, 1.82) is 0 Å². The molecule has 0 bridgehead atoms. The first-order chi connectivity index (χ1) is 13.1. The average molecular weight is 381 g/mol. The Bertz CT molecular complexity index is 927. The fraction of sp³-hybridized carbons (Fsp3) is 0.364. The molecule has 2 heterocycles. The molecule has 1 fully saturated rings. The van der Waals surface area contributed by atoms with Gasteiger partial charge in [-0.25, -0.2) is 4.98 Å². The molecular weight excluding hydrogens is 356 g/mol. The fourth-order valence-electron chi connectivity index (χ4n) is 3.44. The first-order valence-corrected chi connectivity index (χ1v) is 10.3. The molecule has 0 spiro atoms. The summed E-state index contributed by atoms with van der Waals surface area (Å²) in [5.41, 5.74) is 4.44. The highest BCUT2D eigenvalue weighted by molar-refractivity contribution is 7.22. The molecule has 2 aromatic carbocycles. The van der Waals surface area contributed by atoms with E-state index in [1.165, 1.54) is 11.1 Å². The number of hydrogen-bond acceptors (Lipinski definition) is 4. The number of nitrogens with zero attached hydrogens (tertiary/aromatic N) is 2. The summed E-state index contributed by atoms with van der Waals surface area (Å²) in [7, 11) is 0. The second-order valence-electron chi connectivity index (χ2n) is 7.20. The summed E-state index contributed by atoms with van der Waals surface area (Å²) in [4.78, 5) is 19.8. The highest BCUT2D eigenvalue weighted by Gasteiger charge is 2.26. The van der Waals surface area contributed by atoms with Gasteiger partial charge in [-0.15, -0.1) is 0 Å². The zero-order chi connectivity index (χ0) is 18.8. The Morgan fingerprint density at radius 3 is 2.81 bits per heavy atom. The molecule has 1 aliphatic rings. The van der Waals surface area contributed by atoms with Crippen LogP contribution in [0.1, 0.15) is 29.5 Å². The van der Waals surface area contributed by atoms with E-state index in [2.05, 4.69) is 32.0 Å². The summed E-state index contributed by atoms with van der Waals surface area (Å²) >= 11 is 1.57. The number of aromatic nitrogens is 1. The lowest BCUT2D eigenvalue weighted by Crippen LogP contribution is -2.38. The molecule has 4 rings (SSSR count). The molecule has 0 N–H and O–H groups in total. The maximum absolute atomic E-state index is 13.2. The predicted molar refractivity (Wildman–Crippen MR) is 111 cm³/mol. The Hall–Kier alpha value is -2.24. The number of amides is 1. The molecule has 3 aromatic rings. The van der Waals surface area contributed by atoms with Crippen LogP contribution in [0.5, 0.6) is 0 Å². The Labute approximate surface area is 163 Å². The smallest absolute Gasteiger partial charge is 0.233 e. The van der Waals surface area contributed by atoms with Crippen molar-refractivity contribution < 1.29 is 9.53 Å². The number of para-hydroxylation sites is 1. The van der Waals surface area contributed by atoms with Gasteiger partial charge in [-0.05, 0) is 55.5 Å². The predicted octanol–water partition coefficient (Wildman–Crippen LogP) is 4.67. The van der Waals surface area contributed by atoms with Crippen LogP contribution < -0.4 is 4.90 Å². The van der Waals surface area contributed by atoms with Crippen molar-refractivity contribution in [2.24, 2.45) is 0 Å². The number of anilines is 1. The summed E-state index contributed by atoms with van der Waals surface area (Å²) < 4.78 is 6.90. The maximum Gasteiger partial charge on any atom is 0.233 e. The largest absolute Gasteiger partial charge is 0.376 e. The van der Waals surface area contributed by atoms with Gasteiger partial charge < -0.3 is 4.74 Å². The van der Waals surface area contributed by atoms with Crippen LogP contribution in [0, 0.1) is 13.8 Å². The van der Waals surface area contributed by atoms with E-state index >= 15 is 0 Å². The highest BCUT2D eigenvalue weighted by Crippen LogP contribution is 2.30. The molecule has 1 aliphatic heterocycles. The minimum atomic E-state index is 0.0767. The lowest BCUT2D eigenvalue weighted by molar-refractivity contribution is -0.118. The van der Waals surface area contributed by atoms with E-state index < -0.39 is 0 Å². The number of thiazole rings is 1. The van der Waals surface area contributed by atoms with Crippen molar-refractivity contribution >= 4 is 32.6 Å². The SMILES string of the molecule is Cc1ccc(CC(=O)N(C[C@@H]2CCCO2)c2nc3ccccc3s2)cc1C. The van der Waals surface area contributed by atoms with Crippen molar-refractivity contribution in [3.63, 3.8) is 0 Å². The third-order valence-corrected chi connectivity index (χ3v) is 6.21. The lowest BCUT2D eigenvalue weighted by Gasteiger charge is -2.23. The van der Waals surface area contributed by atoms with Crippen LogP contribution >= 0.6 is 11.3 Å². The van der Waals surface area contributed by atoms with E-state index in [1.54, 1.807) is 11.3 Å². The van der Waals surface area contributed by atoms with Gasteiger partial charge in [-0.3, -0.25) is 9.69 Å². The van der Waals surface area contributed by atoms with Gasteiger partial charge in [0.15, 0.2) is 5.13 Å². The second-order valence-corrected chi connectivity index (χ2v) is 8.21. The van der Waals surface area contributed by atoms with E-state index in [-0.39, 0.29) is 12.0 Å². The number of rotatable bonds is 5. The zero-order valence-corrected chi connectivity index (χ0v) is 16.6. The van der Waals surface area contributed by atoms with Crippen LogP contribution in [0.3, 0.4) is 0 Å². The molecule has 4 nitrogen and oxygen atoms in total. The average Bonchev–Trinajstić information content (AvgIpc) is 3.31. The van der Waals surface area contributed by atoms with Crippen LogP contribution in [0.15, 0.2) is 42.5 Å². The van der Waals surface area contributed by atoms with E-state index in [9.17, 15) is 4.79 Å². The van der Waals surface area contributed by atoms with E-state index in [0.717, 1.165) is 40.4 Å². The second kappa shape index (κ2) is 7.79. The molecular formula is C22H24N2O2S. The molecule has 1 aromatic heterocycles. The van der Waals surface area contributed by atoms with Gasteiger partial charge in [0, 0.05) is 6.61 Å². The summed E-state index contributed by atoms with van der Waals surface area (Å²) in [5, 5.41) is 0.764. The lowest BCUT2D eigenvalue weighted by atomic mass is 10.0. The number of benzene rings is 2. The van der Waals surface area contributed by atoms with Gasteiger partial charge in [0.1, 0.15) is 0 Å². The Balaban J connectivity index is 1.61. The van der Waals surface area contributed by atoms with E-state index in [1.807, 2.05) is 29.2 Å². The van der Waals surface area contributed by atoms with Crippen LogP contribution in [0.4, 0.5) is 5.13 Å². The Morgan fingerprint density at radius 1 is 1.22 bits per heavy atom. The monoisotopic (exact) mass is 380 g/mol. The van der Waals surface area contributed by atoms with E-state index in [0.29, 0.717) is 13.0 Å². The standard InChI is InChI=1S/C22H24N2O2S/c1-15-9-10-17(12-16(15)2)13-21(25)24(14-18-6-5-11-26-18)22-23-19-7-3-4-8-20(19)27-22/h3-4,7-10,12,18H,5-6,11,13-14H2,1-2H3/t18-/m0/s1. The molecule has 27 heavy (non-hydrogen) atoms. The number of carbonyl (C=O) groups is 1. The maximum atomic E-state index is 13.2. The minimum Gasteiger partial charge on any atom is -0.376 e. The number of fused-ring (bicyclic) bond motifs is 1. The molecule has 1 atom stereocenters. The topological polar surface area (TPSA) is 42.4 Å². The van der Waals surface area contributed by atoms with Crippen LogP contribution in [0.2, 0.25) is 0 Å². The van der Waals surface area contributed by atoms with Crippen LogP contribution in [-0.2, 0) is 16.0 Å². The molecule has 5 heteroatoms. The first kappa shape index (κ1) is 18.1. The molecule has 0 saturated carbocycles. The van der Waals surface area contributed by atoms with Gasteiger partial charge in [0.05, 0.1) is 29.3 Å². The molecule has 1 saturated heterocycles. The number of hydrogen-bond donors (Lipinski definition) is 0. The third kappa shape index (κ3) is 4.04. The summed E-state index contributed by atoms with van der Waals surface area (Å²) in [5.74, 6) is 0.0767. The fourth-order valence-corrected chi connectivity index (χ4v) is 4.43. The van der Waals surface area contributed by atoms with Crippen molar-refractivity contribution in [3.8, 4) is 0 Å². The third-order valence-electron chi connectivity index (χ3n) is 5.15.